The van der Waals surface area contributed by atoms with Gasteiger partial charge < -0.3 is 10.1 Å². The van der Waals surface area contributed by atoms with Crippen LogP contribution in [0.1, 0.15) is 5.56 Å². The zero-order valence-corrected chi connectivity index (χ0v) is 12.8. The maximum atomic E-state index is 13.5. The van der Waals surface area contributed by atoms with Crippen molar-refractivity contribution in [3.63, 3.8) is 0 Å². The second-order valence-electron chi connectivity index (χ2n) is 4.51. The van der Waals surface area contributed by atoms with Gasteiger partial charge in [-0.15, -0.1) is 0 Å². The van der Waals surface area contributed by atoms with Gasteiger partial charge in [0.2, 0.25) is 0 Å². The molecule has 0 radical (unpaired) electrons. The van der Waals surface area contributed by atoms with Crippen LogP contribution in [0.15, 0.2) is 46.9 Å². The first-order valence-corrected chi connectivity index (χ1v) is 7.11. The third kappa shape index (κ3) is 4.91. The van der Waals surface area contributed by atoms with E-state index in [9.17, 15) is 17.6 Å². The Morgan fingerprint density at radius 1 is 1.09 bits per heavy atom. The summed E-state index contributed by atoms with van der Waals surface area (Å²) in [6.45, 7) is -1.07. The van der Waals surface area contributed by atoms with Gasteiger partial charge in [0.15, 0.2) is 0 Å². The predicted molar refractivity (Wildman–Crippen MR) is 79.4 cm³/mol. The maximum Gasteiger partial charge on any atom is 0.405 e. The van der Waals surface area contributed by atoms with Gasteiger partial charge in [-0.1, -0.05) is 30.3 Å². The van der Waals surface area contributed by atoms with Gasteiger partial charge in [-0.2, -0.15) is 13.2 Å². The number of benzene rings is 2. The van der Waals surface area contributed by atoms with Crippen molar-refractivity contribution < 1.29 is 22.3 Å². The Morgan fingerprint density at radius 3 is 2.41 bits per heavy atom. The molecule has 0 heterocycles. The number of ether oxygens (including phenoxy) is 1. The van der Waals surface area contributed by atoms with Gasteiger partial charge in [-0.25, -0.2) is 4.39 Å². The number of alkyl halides is 3. The number of nitrogens with one attached hydrogen (secondary N) is 1. The van der Waals surface area contributed by atoms with Crippen LogP contribution in [0.3, 0.4) is 0 Å². The van der Waals surface area contributed by atoms with Crippen LogP contribution in [0.25, 0.3) is 0 Å². The highest BCUT2D eigenvalue weighted by Gasteiger charge is 2.27. The first kappa shape index (κ1) is 16.6. The summed E-state index contributed by atoms with van der Waals surface area (Å²) in [5.74, 6) is -0.551. The second-order valence-corrected chi connectivity index (χ2v) is 5.30. The molecule has 118 valence electrons. The normalized spacial score (nSPS) is 11.3. The largest absolute Gasteiger partial charge is 0.488 e. The minimum atomic E-state index is -4.39. The lowest BCUT2D eigenvalue weighted by Gasteiger charge is -2.15. The summed E-state index contributed by atoms with van der Waals surface area (Å²) >= 11 is 3.14. The summed E-state index contributed by atoms with van der Waals surface area (Å²) in [4.78, 5) is 0. The highest BCUT2D eigenvalue weighted by Crippen LogP contribution is 2.35. The highest BCUT2D eigenvalue weighted by atomic mass is 79.9. The van der Waals surface area contributed by atoms with Crippen molar-refractivity contribution in [3.8, 4) is 5.75 Å². The van der Waals surface area contributed by atoms with Crippen molar-refractivity contribution >= 4 is 21.6 Å². The van der Waals surface area contributed by atoms with Crippen molar-refractivity contribution in [2.45, 2.75) is 12.8 Å². The lowest BCUT2D eigenvalue weighted by molar-refractivity contribution is -0.115. The van der Waals surface area contributed by atoms with Crippen LogP contribution in [0, 0.1) is 5.82 Å². The fourth-order valence-corrected chi connectivity index (χ4v) is 2.21. The average Bonchev–Trinajstić information content (AvgIpc) is 2.46. The standard InChI is InChI=1S/C15H12BrF4NO/c16-14-12(21-9-15(18,19)20)6-11(17)7-13(14)22-8-10-4-2-1-3-5-10/h1-7,21H,8-9H2. The molecule has 0 amide bonds. The molecule has 0 atom stereocenters. The first-order valence-electron chi connectivity index (χ1n) is 6.31. The van der Waals surface area contributed by atoms with E-state index in [4.69, 9.17) is 4.74 Å². The van der Waals surface area contributed by atoms with Gasteiger partial charge in [-0.05, 0) is 27.6 Å². The molecule has 7 heteroatoms. The number of rotatable bonds is 5. The van der Waals surface area contributed by atoms with E-state index in [0.717, 1.165) is 17.7 Å². The Kier molecular flexibility index (Phi) is 5.28. The summed E-state index contributed by atoms with van der Waals surface area (Å²) in [5, 5.41) is 2.14. The van der Waals surface area contributed by atoms with Crippen LogP contribution in [0.5, 0.6) is 5.75 Å². The van der Waals surface area contributed by atoms with Gasteiger partial charge in [0, 0.05) is 6.07 Å². The Hall–Kier alpha value is -1.76. The van der Waals surface area contributed by atoms with Crippen molar-refractivity contribution in [2.75, 3.05) is 11.9 Å². The van der Waals surface area contributed by atoms with E-state index < -0.39 is 18.5 Å². The molecule has 22 heavy (non-hydrogen) atoms. The van der Waals surface area contributed by atoms with Crippen molar-refractivity contribution in [3.05, 3.63) is 58.3 Å². The Bertz CT molecular complexity index is 631. The third-order valence-electron chi connectivity index (χ3n) is 2.72. The van der Waals surface area contributed by atoms with Gasteiger partial charge >= 0.3 is 6.18 Å². The molecule has 0 saturated carbocycles. The Morgan fingerprint density at radius 2 is 1.77 bits per heavy atom. The molecule has 0 aliphatic heterocycles. The van der Waals surface area contributed by atoms with Crippen molar-refractivity contribution in [2.24, 2.45) is 0 Å². The molecule has 0 bridgehead atoms. The van der Waals surface area contributed by atoms with E-state index in [1.807, 2.05) is 30.3 Å². The zero-order chi connectivity index (χ0) is 16.2. The summed E-state index contributed by atoms with van der Waals surface area (Å²) in [7, 11) is 0. The van der Waals surface area contributed by atoms with Crippen LogP contribution in [-0.4, -0.2) is 12.7 Å². The molecule has 2 aromatic rings. The molecule has 0 spiro atoms. The lowest BCUT2D eigenvalue weighted by Crippen LogP contribution is -2.21. The van der Waals surface area contributed by atoms with E-state index >= 15 is 0 Å². The van der Waals surface area contributed by atoms with E-state index in [0.29, 0.717) is 0 Å². The molecular formula is C15H12BrF4NO. The molecule has 1 N–H and O–H groups in total. The summed E-state index contributed by atoms with van der Waals surface area (Å²) in [5.41, 5.74) is 0.851. The molecule has 0 aromatic heterocycles. The topological polar surface area (TPSA) is 21.3 Å². The van der Waals surface area contributed by atoms with Gasteiger partial charge in [0.25, 0.3) is 0 Å². The lowest BCUT2D eigenvalue weighted by atomic mass is 10.2. The number of hydrogen-bond acceptors (Lipinski definition) is 2. The third-order valence-corrected chi connectivity index (χ3v) is 3.54. The Balaban J connectivity index is 2.12. The summed E-state index contributed by atoms with van der Waals surface area (Å²) < 4.78 is 56.0. The van der Waals surface area contributed by atoms with Gasteiger partial charge in [-0.3, -0.25) is 0 Å². The minimum absolute atomic E-state index is 0.0135. The summed E-state index contributed by atoms with van der Waals surface area (Å²) in [6.07, 6.45) is -4.39. The quantitative estimate of drug-likeness (QED) is 0.728. The SMILES string of the molecule is Fc1cc(NCC(F)(F)F)c(Br)c(OCc2ccccc2)c1. The van der Waals surface area contributed by atoms with Crippen LogP contribution < -0.4 is 10.1 Å². The van der Waals surface area contributed by atoms with Crippen molar-refractivity contribution in [1.82, 2.24) is 0 Å². The fraction of sp³-hybridized carbons (Fsp3) is 0.200. The minimum Gasteiger partial charge on any atom is -0.488 e. The van der Waals surface area contributed by atoms with Crippen LogP contribution in [0.2, 0.25) is 0 Å². The van der Waals surface area contributed by atoms with Gasteiger partial charge in [0.1, 0.15) is 24.7 Å². The molecule has 2 nitrogen and oxygen atoms in total. The molecule has 0 saturated heterocycles. The Labute approximate surface area is 133 Å². The van der Waals surface area contributed by atoms with Gasteiger partial charge in [0.05, 0.1) is 10.2 Å². The maximum absolute atomic E-state index is 13.5. The smallest absolute Gasteiger partial charge is 0.405 e. The molecule has 0 aliphatic rings. The average molecular weight is 378 g/mol. The molecule has 0 unspecified atom stereocenters. The highest BCUT2D eigenvalue weighted by molar-refractivity contribution is 9.10. The van der Waals surface area contributed by atoms with E-state index in [1.165, 1.54) is 0 Å². The molecule has 0 fully saturated rings. The van der Waals surface area contributed by atoms with Crippen LogP contribution in [-0.2, 0) is 6.61 Å². The predicted octanol–water partition coefficient (Wildman–Crippen LogP) is 5.14. The molecule has 2 aromatic carbocycles. The fourth-order valence-electron chi connectivity index (χ4n) is 1.73. The van der Waals surface area contributed by atoms with Crippen molar-refractivity contribution in [1.29, 1.82) is 0 Å². The zero-order valence-electron chi connectivity index (χ0n) is 11.3. The summed E-state index contributed by atoms with van der Waals surface area (Å²) in [6, 6.07) is 11.3. The molecule has 0 aliphatic carbocycles. The monoisotopic (exact) mass is 377 g/mol. The number of halogens is 5. The number of anilines is 1. The second kappa shape index (κ2) is 7.00. The van der Waals surface area contributed by atoms with E-state index in [2.05, 4.69) is 21.2 Å². The first-order chi connectivity index (χ1) is 10.3. The molecule has 2 rings (SSSR count). The van der Waals surface area contributed by atoms with Crippen LogP contribution in [0.4, 0.5) is 23.2 Å². The number of hydrogen-bond donors (Lipinski definition) is 1. The van der Waals surface area contributed by atoms with E-state index in [1.54, 1.807) is 0 Å². The van der Waals surface area contributed by atoms with E-state index in [-0.39, 0.29) is 22.5 Å². The molecular weight excluding hydrogens is 366 g/mol. The van der Waals surface area contributed by atoms with Crippen LogP contribution >= 0.6 is 15.9 Å².